The lowest BCUT2D eigenvalue weighted by Gasteiger charge is -2.36. The van der Waals surface area contributed by atoms with Crippen LogP contribution in [0.3, 0.4) is 0 Å². The largest absolute Gasteiger partial charge is 0.445 e. The van der Waals surface area contributed by atoms with Crippen molar-refractivity contribution in [2.75, 3.05) is 5.75 Å². The van der Waals surface area contributed by atoms with Gasteiger partial charge in [-0.2, -0.15) is 0 Å². The van der Waals surface area contributed by atoms with E-state index in [9.17, 15) is 19.5 Å². The molecule has 2 N–H and O–H groups in total. The molecule has 12 heteroatoms. The fourth-order valence-electron chi connectivity index (χ4n) is 6.90. The third-order valence-corrected chi connectivity index (χ3v) is 12.2. The molecule has 6 aromatic rings. The first-order valence-electron chi connectivity index (χ1n) is 18.4. The molecule has 1 aromatic heterocycles. The molecule has 3 heterocycles. The fourth-order valence-corrected chi connectivity index (χ4v) is 9.01. The number of hydrogen-bond acceptors (Lipinski definition) is 10. The van der Waals surface area contributed by atoms with Crippen molar-refractivity contribution in [3.8, 4) is 11.1 Å². The van der Waals surface area contributed by atoms with Crippen molar-refractivity contribution in [1.29, 1.82) is 0 Å². The molecule has 4 atom stereocenters. The van der Waals surface area contributed by atoms with Crippen molar-refractivity contribution in [1.82, 2.24) is 15.2 Å². The monoisotopic (exact) mass is 785 g/mol. The number of ether oxygens (including phenoxy) is 3. The Labute approximate surface area is 332 Å². The molecule has 0 bridgehead atoms. The van der Waals surface area contributed by atoms with Crippen molar-refractivity contribution in [2.45, 2.75) is 61.5 Å². The smallest absolute Gasteiger partial charge is 0.408 e. The second kappa shape index (κ2) is 17.2. The molecule has 2 aliphatic rings. The minimum absolute atomic E-state index is 0.0250. The number of thioether (sulfide) groups is 1. The van der Waals surface area contributed by atoms with E-state index in [4.69, 9.17) is 19.2 Å². The van der Waals surface area contributed by atoms with Crippen LogP contribution in [0.4, 0.5) is 4.79 Å². The summed E-state index contributed by atoms with van der Waals surface area (Å²) < 4.78 is 20.6. The number of thiazole rings is 1. The number of aromatic nitrogens is 1. The van der Waals surface area contributed by atoms with Crippen molar-refractivity contribution >= 4 is 51.2 Å². The lowest BCUT2D eigenvalue weighted by molar-refractivity contribution is -0.245. The van der Waals surface area contributed by atoms with Crippen molar-refractivity contribution in [3.05, 3.63) is 155 Å². The molecule has 2 fully saturated rings. The van der Waals surface area contributed by atoms with E-state index in [1.807, 2.05) is 121 Å². The number of imide groups is 1. The standard InChI is InChI=1S/C44H39N3O7S2/c48-25-28-14-16-31(17-15-28)38-22-34(27-55-44-46-36-12-6-7-13-39(36)56-44)53-42(54-38)32-20-18-30(19-21-32)35-11-5-4-10-33(35)24-47-40(49)23-37(41(47)50)45-43(51)52-26-29-8-2-1-3-9-29/h1-21,34,37-38,42,48H,22-27H2,(H,45,51)/t34-,37?,38+,42+/m0/s1. The van der Waals surface area contributed by atoms with Gasteiger partial charge in [-0.15, -0.1) is 11.3 Å². The number of likely N-dealkylation sites (tertiary alicyclic amines) is 1. The van der Waals surface area contributed by atoms with Crippen LogP contribution >= 0.6 is 23.1 Å². The number of alkyl carbamates (subject to hydrolysis) is 1. The second-order valence-electron chi connectivity index (χ2n) is 13.7. The number of amides is 3. The molecule has 284 valence electrons. The van der Waals surface area contributed by atoms with Gasteiger partial charge in [-0.3, -0.25) is 14.5 Å². The first-order valence-corrected chi connectivity index (χ1v) is 20.2. The van der Waals surface area contributed by atoms with Gasteiger partial charge in [0.25, 0.3) is 5.91 Å². The molecule has 1 unspecified atom stereocenters. The maximum Gasteiger partial charge on any atom is 0.408 e. The lowest BCUT2D eigenvalue weighted by atomic mass is 9.97. The summed E-state index contributed by atoms with van der Waals surface area (Å²) >= 11 is 3.36. The van der Waals surface area contributed by atoms with Crippen LogP contribution in [-0.4, -0.2) is 50.8 Å². The molecule has 0 aliphatic carbocycles. The van der Waals surface area contributed by atoms with Crippen LogP contribution < -0.4 is 5.32 Å². The molecule has 0 saturated carbocycles. The minimum atomic E-state index is -0.993. The minimum Gasteiger partial charge on any atom is -0.445 e. The highest BCUT2D eigenvalue weighted by molar-refractivity contribution is 8.01. The summed E-state index contributed by atoms with van der Waals surface area (Å²) in [5, 5.41) is 12.2. The maximum atomic E-state index is 13.3. The number of benzene rings is 5. The second-order valence-corrected chi connectivity index (χ2v) is 16.0. The number of aliphatic hydroxyl groups is 1. The first-order chi connectivity index (χ1) is 27.4. The van der Waals surface area contributed by atoms with E-state index in [0.29, 0.717) is 12.2 Å². The average Bonchev–Trinajstić information content (AvgIpc) is 3.78. The zero-order chi connectivity index (χ0) is 38.4. The summed E-state index contributed by atoms with van der Waals surface area (Å²) in [4.78, 5) is 44.9. The number of nitrogens with one attached hydrogen (secondary N) is 1. The van der Waals surface area contributed by atoms with Gasteiger partial charge in [0.2, 0.25) is 5.91 Å². The predicted octanol–water partition coefficient (Wildman–Crippen LogP) is 8.35. The summed E-state index contributed by atoms with van der Waals surface area (Å²) in [6.07, 6.45) is -1.19. The van der Waals surface area contributed by atoms with Crippen LogP contribution in [0.15, 0.2) is 132 Å². The zero-order valence-electron chi connectivity index (χ0n) is 30.3. The van der Waals surface area contributed by atoms with Gasteiger partial charge in [0, 0.05) is 17.7 Å². The quantitative estimate of drug-likeness (QED) is 0.0930. The van der Waals surface area contributed by atoms with E-state index in [-0.39, 0.29) is 44.3 Å². The molecule has 0 radical (unpaired) electrons. The SMILES string of the molecule is O=C(NC1CC(=O)N(Cc2ccccc2-c2ccc([C@@H]3O[C@H](CSc4nc5ccccc5s4)C[C@H](c4ccc(CO)cc4)O3)cc2)C1=O)OCc1ccccc1. The summed E-state index contributed by atoms with van der Waals surface area (Å²) in [7, 11) is 0. The van der Waals surface area contributed by atoms with Gasteiger partial charge in [0.1, 0.15) is 12.6 Å². The Hall–Kier alpha value is -5.37. The van der Waals surface area contributed by atoms with Gasteiger partial charge < -0.3 is 24.6 Å². The zero-order valence-corrected chi connectivity index (χ0v) is 31.9. The Bertz CT molecular complexity index is 2280. The number of nitrogens with zero attached hydrogens (tertiary/aromatic N) is 2. The van der Waals surface area contributed by atoms with Crippen molar-refractivity contribution in [3.63, 3.8) is 0 Å². The summed E-state index contributed by atoms with van der Waals surface area (Å²) in [6.45, 7) is 0.0934. The Morgan fingerprint density at radius 2 is 1.59 bits per heavy atom. The molecule has 10 nitrogen and oxygen atoms in total. The van der Waals surface area contributed by atoms with Crippen molar-refractivity contribution < 1.29 is 33.7 Å². The van der Waals surface area contributed by atoms with E-state index in [0.717, 1.165) is 53.5 Å². The third kappa shape index (κ3) is 8.70. The highest BCUT2D eigenvalue weighted by Gasteiger charge is 2.40. The van der Waals surface area contributed by atoms with Gasteiger partial charge in [-0.1, -0.05) is 127 Å². The van der Waals surface area contributed by atoms with Gasteiger partial charge in [0.05, 0.1) is 42.0 Å². The molecule has 5 aromatic carbocycles. The van der Waals surface area contributed by atoms with Gasteiger partial charge in [0.15, 0.2) is 10.6 Å². The number of carbonyl (C=O) groups excluding carboxylic acids is 3. The molecule has 56 heavy (non-hydrogen) atoms. The molecule has 2 saturated heterocycles. The van der Waals surface area contributed by atoms with E-state index < -0.39 is 24.3 Å². The van der Waals surface area contributed by atoms with E-state index in [1.165, 1.54) is 4.90 Å². The number of carbonyl (C=O) groups is 3. The number of fused-ring (bicyclic) bond motifs is 1. The molecule has 8 rings (SSSR count). The summed E-state index contributed by atoms with van der Waals surface area (Å²) in [5.41, 5.74) is 7.08. The van der Waals surface area contributed by atoms with Gasteiger partial charge >= 0.3 is 6.09 Å². The molecule has 3 amide bonds. The van der Waals surface area contributed by atoms with Crippen LogP contribution in [0.1, 0.15) is 53.1 Å². The lowest BCUT2D eigenvalue weighted by Crippen LogP contribution is -2.41. The van der Waals surface area contributed by atoms with Crippen LogP contribution in [0.5, 0.6) is 0 Å². The number of aliphatic hydroxyl groups excluding tert-OH is 1. The van der Waals surface area contributed by atoms with Crippen LogP contribution in [-0.2, 0) is 43.6 Å². The fraction of sp³-hybridized carbons (Fsp3) is 0.227. The van der Waals surface area contributed by atoms with Crippen LogP contribution in [0.25, 0.3) is 21.3 Å². The van der Waals surface area contributed by atoms with Crippen LogP contribution in [0.2, 0.25) is 0 Å². The highest BCUT2D eigenvalue weighted by atomic mass is 32.2. The van der Waals surface area contributed by atoms with E-state index in [1.54, 1.807) is 23.1 Å². The van der Waals surface area contributed by atoms with Crippen molar-refractivity contribution in [2.24, 2.45) is 0 Å². The molecule has 0 spiro atoms. The highest BCUT2D eigenvalue weighted by Crippen LogP contribution is 2.41. The molecular weight excluding hydrogens is 747 g/mol. The predicted molar refractivity (Wildman–Crippen MR) is 214 cm³/mol. The van der Waals surface area contributed by atoms with Gasteiger partial charge in [-0.05, 0) is 45.5 Å². The third-order valence-electron chi connectivity index (χ3n) is 9.87. The van der Waals surface area contributed by atoms with E-state index in [2.05, 4.69) is 11.4 Å². The topological polar surface area (TPSA) is 127 Å². The average molecular weight is 786 g/mol. The van der Waals surface area contributed by atoms with Crippen LogP contribution in [0, 0.1) is 0 Å². The normalized spacial score (nSPS) is 19.7. The Kier molecular flexibility index (Phi) is 11.5. The summed E-state index contributed by atoms with van der Waals surface area (Å²) in [5.74, 6) is -0.133. The number of para-hydroxylation sites is 1. The van der Waals surface area contributed by atoms with Gasteiger partial charge in [-0.25, -0.2) is 9.78 Å². The molecule has 2 aliphatic heterocycles. The Morgan fingerprint density at radius 3 is 2.38 bits per heavy atom. The first kappa shape index (κ1) is 37.5. The Morgan fingerprint density at radius 1 is 0.857 bits per heavy atom. The molecular formula is C44H39N3O7S2. The maximum absolute atomic E-state index is 13.3. The summed E-state index contributed by atoms with van der Waals surface area (Å²) in [6, 6.07) is 39.8. The van der Waals surface area contributed by atoms with E-state index >= 15 is 0 Å². The Balaban J connectivity index is 0.951. The number of rotatable bonds is 12. The number of hydrogen-bond donors (Lipinski definition) is 2.